The number of benzene rings is 3. The lowest BCUT2D eigenvalue weighted by molar-refractivity contribution is -0.340. The summed E-state index contributed by atoms with van der Waals surface area (Å²) >= 11 is 0. The molecule has 3 aromatic carbocycles. The number of hydrogen-bond acceptors (Lipinski definition) is 10. The topological polar surface area (TPSA) is 151 Å². The van der Waals surface area contributed by atoms with E-state index in [2.05, 4.69) is 10.0 Å². The van der Waals surface area contributed by atoms with Gasteiger partial charge in [-0.05, 0) is 41.6 Å². The van der Waals surface area contributed by atoms with Crippen LogP contribution in [0.25, 0.3) is 10.4 Å². The molecule has 47 heavy (non-hydrogen) atoms. The van der Waals surface area contributed by atoms with Gasteiger partial charge in [0.1, 0.15) is 18.3 Å². The summed E-state index contributed by atoms with van der Waals surface area (Å²) in [6.07, 6.45) is -7.34. The molecule has 0 saturated carbocycles. The maximum Gasteiger partial charge on any atom is 0.338 e. The quantitative estimate of drug-likeness (QED) is 0.114. The fourth-order valence-electron chi connectivity index (χ4n) is 5.81. The second-order valence-electron chi connectivity index (χ2n) is 11.6. The summed E-state index contributed by atoms with van der Waals surface area (Å²) in [7, 11) is 1.46. The number of nitrogens with zero attached hydrogens (tertiary/aromatic N) is 3. The number of carbonyl (C=O) groups is 1. The molecule has 3 aromatic rings. The Morgan fingerprint density at radius 3 is 2.09 bits per heavy atom. The maximum absolute atomic E-state index is 13.3. The Morgan fingerprint density at radius 1 is 0.851 bits per heavy atom. The van der Waals surface area contributed by atoms with Crippen LogP contribution in [0.4, 0.5) is 0 Å². The standard InChI is InChI=1S/C35H41N3O9/c1-22-28(37-38-36)34(45-27(29(22)39)21-42-19-24-13-7-4-8-14-24)47-30-23(2)44-35(41-3)32(46-33(40)26-17-11-6-12-18-26)31(30)43-20-25-15-9-5-10-16-25/h4-18,22-23,27-32,34-35,39H,19-21H2,1-3H3/t22-,23+,27?,28?,29+,30-,31?,32?,34-,35+/m1/s1. The molecule has 4 unspecified atom stereocenters. The lowest BCUT2D eigenvalue weighted by Crippen LogP contribution is -2.63. The Labute approximate surface area is 274 Å². The Bertz CT molecular complexity index is 1440. The average Bonchev–Trinajstić information content (AvgIpc) is 3.10. The van der Waals surface area contributed by atoms with Gasteiger partial charge in [0.25, 0.3) is 0 Å². The molecule has 10 atom stereocenters. The molecule has 250 valence electrons. The van der Waals surface area contributed by atoms with Crippen LogP contribution < -0.4 is 0 Å². The Hall–Kier alpha value is -3.84. The van der Waals surface area contributed by atoms with Gasteiger partial charge in [-0.25, -0.2) is 4.79 Å². The van der Waals surface area contributed by atoms with E-state index in [-0.39, 0.29) is 13.2 Å². The number of ether oxygens (including phenoxy) is 7. The number of aliphatic hydroxyl groups excluding tert-OH is 1. The number of hydrogen-bond donors (Lipinski definition) is 1. The summed E-state index contributed by atoms with van der Waals surface area (Å²) in [5.74, 6) is -1.13. The van der Waals surface area contributed by atoms with Crippen LogP contribution in [-0.2, 0) is 46.4 Å². The maximum atomic E-state index is 13.3. The first-order chi connectivity index (χ1) is 22.9. The van der Waals surface area contributed by atoms with Crippen molar-refractivity contribution in [1.82, 2.24) is 0 Å². The van der Waals surface area contributed by atoms with Crippen molar-refractivity contribution >= 4 is 5.97 Å². The van der Waals surface area contributed by atoms with Crippen LogP contribution in [0.15, 0.2) is 96.1 Å². The molecule has 0 bridgehead atoms. The normalized spacial score (nSPS) is 30.6. The van der Waals surface area contributed by atoms with Crippen LogP contribution in [0.5, 0.6) is 0 Å². The number of azide groups is 1. The van der Waals surface area contributed by atoms with Gasteiger partial charge in [-0.15, -0.1) is 0 Å². The number of aliphatic hydroxyl groups is 1. The summed E-state index contributed by atoms with van der Waals surface area (Å²) < 4.78 is 43.0. The van der Waals surface area contributed by atoms with Crippen molar-refractivity contribution in [3.8, 4) is 0 Å². The number of rotatable bonds is 13. The summed E-state index contributed by atoms with van der Waals surface area (Å²) in [5, 5.41) is 15.1. The number of carbonyl (C=O) groups excluding carboxylic acids is 1. The molecular weight excluding hydrogens is 606 g/mol. The van der Waals surface area contributed by atoms with Crippen molar-refractivity contribution in [2.24, 2.45) is 11.0 Å². The van der Waals surface area contributed by atoms with Crippen molar-refractivity contribution < 1.29 is 43.1 Å². The molecule has 2 aliphatic rings. The Balaban J connectivity index is 1.40. The third kappa shape index (κ3) is 8.75. The van der Waals surface area contributed by atoms with Gasteiger partial charge in [-0.2, -0.15) is 0 Å². The molecule has 12 nitrogen and oxygen atoms in total. The van der Waals surface area contributed by atoms with E-state index in [1.54, 1.807) is 44.2 Å². The lowest BCUT2D eigenvalue weighted by Gasteiger charge is -2.48. The molecule has 0 radical (unpaired) electrons. The van der Waals surface area contributed by atoms with Crippen molar-refractivity contribution in [3.63, 3.8) is 0 Å². The van der Waals surface area contributed by atoms with Crippen molar-refractivity contribution in [2.75, 3.05) is 13.7 Å². The van der Waals surface area contributed by atoms with Gasteiger partial charge in [-0.1, -0.05) is 90.9 Å². The first-order valence-electron chi connectivity index (χ1n) is 15.6. The van der Waals surface area contributed by atoms with Crippen LogP contribution in [-0.4, -0.2) is 80.0 Å². The lowest BCUT2D eigenvalue weighted by atomic mass is 9.89. The van der Waals surface area contributed by atoms with Crippen molar-refractivity contribution in [1.29, 1.82) is 0 Å². The van der Waals surface area contributed by atoms with Crippen LogP contribution in [0, 0.1) is 5.92 Å². The summed E-state index contributed by atoms with van der Waals surface area (Å²) in [6, 6.07) is 26.9. The molecule has 0 aliphatic carbocycles. The Kier molecular flexibility index (Phi) is 12.3. The van der Waals surface area contributed by atoms with E-state index in [1.807, 2.05) is 60.7 Å². The number of methoxy groups -OCH3 is 1. The molecule has 2 aliphatic heterocycles. The predicted molar refractivity (Wildman–Crippen MR) is 170 cm³/mol. The monoisotopic (exact) mass is 647 g/mol. The third-order valence-electron chi connectivity index (χ3n) is 8.41. The minimum Gasteiger partial charge on any atom is -0.450 e. The molecular formula is C35H41N3O9. The van der Waals surface area contributed by atoms with Crippen molar-refractivity contribution in [2.45, 2.75) is 82.3 Å². The molecule has 0 spiro atoms. The molecule has 5 rings (SSSR count). The van der Waals surface area contributed by atoms with Gasteiger partial charge < -0.3 is 38.3 Å². The van der Waals surface area contributed by atoms with Gasteiger partial charge >= 0.3 is 5.97 Å². The minimum absolute atomic E-state index is 0.0664. The van der Waals surface area contributed by atoms with E-state index in [0.29, 0.717) is 12.2 Å². The van der Waals surface area contributed by atoms with Crippen LogP contribution >= 0.6 is 0 Å². The molecule has 12 heteroatoms. The van der Waals surface area contributed by atoms with Crippen LogP contribution in [0.3, 0.4) is 0 Å². The fourth-order valence-corrected chi connectivity index (χ4v) is 5.81. The summed E-state index contributed by atoms with van der Waals surface area (Å²) in [4.78, 5) is 16.3. The van der Waals surface area contributed by atoms with E-state index >= 15 is 0 Å². The van der Waals surface area contributed by atoms with Crippen LogP contribution in [0.2, 0.25) is 0 Å². The van der Waals surface area contributed by atoms with Crippen molar-refractivity contribution in [3.05, 3.63) is 118 Å². The first-order valence-corrected chi connectivity index (χ1v) is 15.6. The van der Waals surface area contributed by atoms with Gasteiger partial charge in [0.15, 0.2) is 18.7 Å². The van der Waals surface area contributed by atoms with E-state index in [1.165, 1.54) is 7.11 Å². The van der Waals surface area contributed by atoms with E-state index in [9.17, 15) is 15.4 Å². The second-order valence-corrected chi connectivity index (χ2v) is 11.6. The van der Waals surface area contributed by atoms with E-state index in [4.69, 9.17) is 33.2 Å². The van der Waals surface area contributed by atoms with E-state index < -0.39 is 67.1 Å². The molecule has 2 heterocycles. The zero-order valence-corrected chi connectivity index (χ0v) is 26.6. The second kappa shape index (κ2) is 16.8. The molecule has 0 amide bonds. The fraction of sp³-hybridized carbons (Fsp3) is 0.457. The van der Waals surface area contributed by atoms with Gasteiger partial charge in [0.05, 0.1) is 43.6 Å². The van der Waals surface area contributed by atoms with Gasteiger partial charge in [0, 0.05) is 12.0 Å². The highest BCUT2D eigenvalue weighted by atomic mass is 16.7. The SMILES string of the molecule is CO[C@H]1O[C@@H](C)[C@@H](O[C@H]2OC(COCc3ccccc3)[C@@H](O)[C@H](C)C2N=[N+]=[N-])C(OCc2ccccc2)C1OC(=O)c1ccccc1. The average molecular weight is 648 g/mol. The predicted octanol–water partition coefficient (Wildman–Crippen LogP) is 5.19. The third-order valence-corrected chi connectivity index (χ3v) is 8.41. The van der Waals surface area contributed by atoms with Gasteiger partial charge in [-0.3, -0.25) is 0 Å². The number of esters is 1. The minimum atomic E-state index is -1.11. The van der Waals surface area contributed by atoms with Gasteiger partial charge in [0.2, 0.25) is 0 Å². The smallest absolute Gasteiger partial charge is 0.338 e. The summed E-state index contributed by atoms with van der Waals surface area (Å²) in [6.45, 7) is 4.11. The highest BCUT2D eigenvalue weighted by Crippen LogP contribution is 2.35. The molecule has 2 fully saturated rings. The molecule has 1 N–H and O–H groups in total. The summed E-state index contributed by atoms with van der Waals surface area (Å²) in [5.41, 5.74) is 11.6. The highest BCUT2D eigenvalue weighted by Gasteiger charge is 2.52. The zero-order chi connectivity index (χ0) is 33.2. The zero-order valence-electron chi connectivity index (χ0n) is 26.6. The Morgan fingerprint density at radius 2 is 1.47 bits per heavy atom. The van der Waals surface area contributed by atoms with Crippen LogP contribution in [0.1, 0.15) is 35.3 Å². The first kappa shape index (κ1) is 34.5. The highest BCUT2D eigenvalue weighted by molar-refractivity contribution is 5.89. The van der Waals surface area contributed by atoms with E-state index in [0.717, 1.165) is 11.1 Å². The molecule has 0 aromatic heterocycles. The molecule has 2 saturated heterocycles. The largest absolute Gasteiger partial charge is 0.450 e.